The average molecular weight is 417 g/mol. The van der Waals surface area contributed by atoms with Crippen LogP contribution in [0.1, 0.15) is 38.3 Å². The molecular formula is C21H28N4O3S. The average Bonchev–Trinajstić information content (AvgIpc) is 2.75. The summed E-state index contributed by atoms with van der Waals surface area (Å²) in [7, 11) is -3.51. The number of nitrogens with one attached hydrogen (secondary N) is 2. The Hall–Kier alpha value is -2.29. The number of amides is 1. The molecule has 2 heterocycles. The molecule has 1 aromatic carbocycles. The highest BCUT2D eigenvalue weighted by Gasteiger charge is 2.32. The fraction of sp³-hybridized carbons (Fsp3) is 0.429. The molecule has 0 saturated carbocycles. The number of nitrogens with zero attached hydrogens (tertiary/aromatic N) is 2. The normalized spacial score (nSPS) is 17.8. The van der Waals surface area contributed by atoms with E-state index in [-0.39, 0.29) is 23.4 Å². The van der Waals surface area contributed by atoms with Crippen molar-refractivity contribution in [1.82, 2.24) is 14.6 Å². The van der Waals surface area contributed by atoms with E-state index in [0.717, 1.165) is 31.4 Å². The highest BCUT2D eigenvalue weighted by molar-refractivity contribution is 7.89. The van der Waals surface area contributed by atoms with Crippen molar-refractivity contribution in [2.45, 2.75) is 50.1 Å². The van der Waals surface area contributed by atoms with E-state index in [4.69, 9.17) is 0 Å². The predicted octanol–water partition coefficient (Wildman–Crippen LogP) is 2.76. The summed E-state index contributed by atoms with van der Waals surface area (Å²) < 4.78 is 27.6. The quantitative estimate of drug-likeness (QED) is 0.690. The summed E-state index contributed by atoms with van der Waals surface area (Å²) in [4.78, 5) is 16.5. The Balaban J connectivity index is 1.56. The van der Waals surface area contributed by atoms with E-state index in [1.807, 2.05) is 25.1 Å². The second kappa shape index (κ2) is 9.96. The Morgan fingerprint density at radius 2 is 1.97 bits per heavy atom. The van der Waals surface area contributed by atoms with E-state index in [0.29, 0.717) is 18.8 Å². The van der Waals surface area contributed by atoms with Crippen LogP contribution in [-0.4, -0.2) is 42.7 Å². The van der Waals surface area contributed by atoms with E-state index in [2.05, 4.69) is 15.6 Å². The number of hydrogen-bond acceptors (Lipinski definition) is 5. The van der Waals surface area contributed by atoms with Crippen LogP contribution in [0.3, 0.4) is 0 Å². The Morgan fingerprint density at radius 3 is 2.66 bits per heavy atom. The first kappa shape index (κ1) is 21.4. The van der Waals surface area contributed by atoms with Gasteiger partial charge in [-0.1, -0.05) is 19.4 Å². The number of carbonyl (C=O) groups excluding carboxylic acids is 1. The van der Waals surface area contributed by atoms with Gasteiger partial charge in [-0.05, 0) is 55.7 Å². The van der Waals surface area contributed by atoms with Gasteiger partial charge in [-0.3, -0.25) is 9.78 Å². The van der Waals surface area contributed by atoms with Crippen molar-refractivity contribution in [3.05, 3.63) is 54.4 Å². The summed E-state index contributed by atoms with van der Waals surface area (Å²) in [5, 5.41) is 5.81. The molecule has 1 fully saturated rings. The molecular weight excluding hydrogens is 388 g/mol. The van der Waals surface area contributed by atoms with Crippen molar-refractivity contribution in [2.24, 2.45) is 0 Å². The zero-order chi connectivity index (χ0) is 20.7. The van der Waals surface area contributed by atoms with Crippen LogP contribution in [0.5, 0.6) is 0 Å². The van der Waals surface area contributed by atoms with E-state index < -0.39 is 10.0 Å². The summed E-state index contributed by atoms with van der Waals surface area (Å²) in [6, 6.07) is 12.1. The number of pyridine rings is 1. The molecule has 2 aromatic rings. The lowest BCUT2D eigenvalue weighted by atomic mass is 10.0. The summed E-state index contributed by atoms with van der Waals surface area (Å²) in [6.07, 6.45) is 5.41. The van der Waals surface area contributed by atoms with Gasteiger partial charge in [-0.2, -0.15) is 4.31 Å². The number of benzene rings is 1. The standard InChI is InChI=1S/C21H28N4O3S/c1-2-19-8-4-6-14-25(19)29(27,28)20-11-9-17(10-12-20)24-21(26)16-22-15-18-7-3-5-13-23-18/h3,5,7,9-13,19,22H,2,4,6,8,14-16H2,1H3,(H,24,26). The first-order chi connectivity index (χ1) is 14.0. The first-order valence-corrected chi connectivity index (χ1v) is 11.5. The Morgan fingerprint density at radius 1 is 1.17 bits per heavy atom. The van der Waals surface area contributed by atoms with Crippen LogP contribution in [0.25, 0.3) is 0 Å². The van der Waals surface area contributed by atoms with E-state index in [1.54, 1.807) is 34.8 Å². The number of anilines is 1. The monoisotopic (exact) mass is 416 g/mol. The lowest BCUT2D eigenvalue weighted by Crippen LogP contribution is -2.43. The van der Waals surface area contributed by atoms with Gasteiger partial charge in [0.1, 0.15) is 0 Å². The van der Waals surface area contributed by atoms with Gasteiger partial charge in [-0.15, -0.1) is 0 Å². The van der Waals surface area contributed by atoms with Crippen LogP contribution in [0.4, 0.5) is 5.69 Å². The molecule has 2 N–H and O–H groups in total. The number of aromatic nitrogens is 1. The highest BCUT2D eigenvalue weighted by Crippen LogP contribution is 2.27. The molecule has 0 bridgehead atoms. The second-order valence-corrected chi connectivity index (χ2v) is 9.06. The van der Waals surface area contributed by atoms with Crippen LogP contribution in [-0.2, 0) is 21.4 Å². The number of piperidine rings is 1. The van der Waals surface area contributed by atoms with Crippen LogP contribution in [0, 0.1) is 0 Å². The zero-order valence-electron chi connectivity index (χ0n) is 16.7. The van der Waals surface area contributed by atoms with E-state index in [1.165, 1.54) is 0 Å². The molecule has 8 heteroatoms. The fourth-order valence-corrected chi connectivity index (χ4v) is 5.32. The molecule has 156 valence electrons. The molecule has 1 unspecified atom stereocenters. The summed E-state index contributed by atoms with van der Waals surface area (Å²) >= 11 is 0. The van der Waals surface area contributed by atoms with Gasteiger partial charge in [0.2, 0.25) is 15.9 Å². The van der Waals surface area contributed by atoms with Crippen molar-refractivity contribution in [1.29, 1.82) is 0 Å². The molecule has 0 spiro atoms. The lowest BCUT2D eigenvalue weighted by Gasteiger charge is -2.34. The molecule has 7 nitrogen and oxygen atoms in total. The minimum Gasteiger partial charge on any atom is -0.325 e. The van der Waals surface area contributed by atoms with Crippen molar-refractivity contribution < 1.29 is 13.2 Å². The van der Waals surface area contributed by atoms with Gasteiger partial charge in [0.15, 0.2) is 0 Å². The van der Waals surface area contributed by atoms with Crippen LogP contribution < -0.4 is 10.6 Å². The van der Waals surface area contributed by atoms with E-state index >= 15 is 0 Å². The smallest absolute Gasteiger partial charge is 0.243 e. The van der Waals surface area contributed by atoms with Crippen molar-refractivity contribution >= 4 is 21.6 Å². The Bertz CT molecular complexity index is 901. The summed E-state index contributed by atoms with van der Waals surface area (Å²) in [5.74, 6) is -0.196. The van der Waals surface area contributed by atoms with Gasteiger partial charge in [0, 0.05) is 31.0 Å². The van der Waals surface area contributed by atoms with Gasteiger partial charge in [0.05, 0.1) is 17.1 Å². The molecule has 1 aliphatic heterocycles. The first-order valence-electron chi connectivity index (χ1n) is 10.0. The molecule has 1 aromatic heterocycles. The second-order valence-electron chi connectivity index (χ2n) is 7.17. The molecule has 29 heavy (non-hydrogen) atoms. The van der Waals surface area contributed by atoms with Crippen LogP contribution in [0.15, 0.2) is 53.6 Å². The fourth-order valence-electron chi connectivity index (χ4n) is 3.56. The predicted molar refractivity (Wildman–Crippen MR) is 113 cm³/mol. The summed E-state index contributed by atoms with van der Waals surface area (Å²) in [5.41, 5.74) is 1.43. The number of carbonyl (C=O) groups is 1. The van der Waals surface area contributed by atoms with Gasteiger partial charge < -0.3 is 10.6 Å². The number of sulfonamides is 1. The zero-order valence-corrected chi connectivity index (χ0v) is 17.5. The maximum Gasteiger partial charge on any atom is 0.243 e. The molecule has 1 atom stereocenters. The topological polar surface area (TPSA) is 91.4 Å². The molecule has 1 amide bonds. The van der Waals surface area contributed by atoms with Gasteiger partial charge >= 0.3 is 0 Å². The third-order valence-electron chi connectivity index (χ3n) is 5.11. The SMILES string of the molecule is CCC1CCCCN1S(=O)(=O)c1ccc(NC(=O)CNCc2ccccn2)cc1. The molecule has 0 aliphatic carbocycles. The molecule has 1 aliphatic rings. The van der Waals surface area contributed by atoms with E-state index in [9.17, 15) is 13.2 Å². The van der Waals surface area contributed by atoms with Crippen molar-refractivity contribution in [3.63, 3.8) is 0 Å². The Kier molecular flexibility index (Phi) is 7.35. The van der Waals surface area contributed by atoms with Crippen molar-refractivity contribution in [3.8, 4) is 0 Å². The van der Waals surface area contributed by atoms with Crippen LogP contribution >= 0.6 is 0 Å². The molecule has 1 saturated heterocycles. The van der Waals surface area contributed by atoms with Crippen molar-refractivity contribution in [2.75, 3.05) is 18.4 Å². The van der Waals surface area contributed by atoms with Gasteiger partial charge in [0.25, 0.3) is 0 Å². The maximum atomic E-state index is 13.0. The number of hydrogen-bond donors (Lipinski definition) is 2. The minimum atomic E-state index is -3.51. The maximum absolute atomic E-state index is 13.0. The lowest BCUT2D eigenvalue weighted by molar-refractivity contribution is -0.115. The third-order valence-corrected chi connectivity index (χ3v) is 7.07. The highest BCUT2D eigenvalue weighted by atomic mass is 32.2. The molecule has 0 radical (unpaired) electrons. The largest absolute Gasteiger partial charge is 0.325 e. The summed E-state index contributed by atoms with van der Waals surface area (Å²) in [6.45, 7) is 3.24. The van der Waals surface area contributed by atoms with Crippen LogP contribution in [0.2, 0.25) is 0 Å². The Labute approximate surface area is 172 Å². The molecule has 3 rings (SSSR count). The third kappa shape index (κ3) is 5.62. The number of rotatable bonds is 8. The van der Waals surface area contributed by atoms with Gasteiger partial charge in [-0.25, -0.2) is 8.42 Å². The minimum absolute atomic E-state index is 0.0679.